The van der Waals surface area contributed by atoms with Gasteiger partial charge in [-0.3, -0.25) is 9.78 Å². The lowest BCUT2D eigenvalue weighted by Gasteiger charge is -2.28. The van der Waals surface area contributed by atoms with E-state index in [1.807, 2.05) is 0 Å². The highest BCUT2D eigenvalue weighted by atomic mass is 19.4. The van der Waals surface area contributed by atoms with Gasteiger partial charge in [-0.05, 0) is 12.1 Å². The third-order valence-electron chi connectivity index (χ3n) is 2.59. The van der Waals surface area contributed by atoms with Crippen LogP contribution in [0.1, 0.15) is 12.0 Å². The number of rotatable bonds is 2. The summed E-state index contributed by atoms with van der Waals surface area (Å²) in [5.74, 6) is 0. The number of carbonyl (C=O) groups is 1. The molecule has 1 aliphatic rings. The Labute approximate surface area is 99.5 Å². The first-order valence-corrected chi connectivity index (χ1v) is 4.90. The molecule has 1 atom stereocenters. The average Bonchev–Trinajstić information content (AvgIpc) is 2.69. The van der Waals surface area contributed by atoms with E-state index in [-0.39, 0.29) is 12.0 Å². The van der Waals surface area contributed by atoms with Crippen molar-refractivity contribution in [3.8, 4) is 0 Å². The molecule has 1 N–H and O–H groups in total. The summed E-state index contributed by atoms with van der Waals surface area (Å²) in [5, 5.41) is 13.7. The van der Waals surface area contributed by atoms with Gasteiger partial charge in [0.15, 0.2) is 5.72 Å². The van der Waals surface area contributed by atoms with Gasteiger partial charge in [0.1, 0.15) is 5.71 Å². The van der Waals surface area contributed by atoms with Crippen LogP contribution in [0.2, 0.25) is 0 Å². The highest BCUT2D eigenvalue weighted by Crippen LogP contribution is 2.38. The van der Waals surface area contributed by atoms with Gasteiger partial charge >= 0.3 is 6.18 Å². The number of aliphatic hydroxyl groups is 1. The lowest BCUT2D eigenvalue weighted by Crippen LogP contribution is -2.39. The van der Waals surface area contributed by atoms with Crippen molar-refractivity contribution < 1.29 is 23.1 Å². The molecular formula is C10H8F3N3O2. The number of amides is 1. The van der Waals surface area contributed by atoms with Crippen LogP contribution in [0.4, 0.5) is 13.2 Å². The zero-order valence-corrected chi connectivity index (χ0v) is 8.92. The summed E-state index contributed by atoms with van der Waals surface area (Å²) < 4.78 is 37.6. The quantitative estimate of drug-likeness (QED) is 0.806. The maximum Gasteiger partial charge on any atom is 0.431 e. The smallest absolute Gasteiger partial charge is 0.365 e. The molecule has 1 aliphatic heterocycles. The van der Waals surface area contributed by atoms with Crippen molar-refractivity contribution in [3.63, 3.8) is 0 Å². The molecule has 96 valence electrons. The van der Waals surface area contributed by atoms with Crippen LogP contribution in [-0.4, -0.2) is 33.4 Å². The summed E-state index contributed by atoms with van der Waals surface area (Å²) >= 11 is 0. The number of hydrogen-bond acceptors (Lipinski definition) is 4. The van der Waals surface area contributed by atoms with E-state index in [1.165, 1.54) is 24.5 Å². The molecular weight excluding hydrogens is 251 g/mol. The molecule has 0 aromatic carbocycles. The summed E-state index contributed by atoms with van der Waals surface area (Å²) in [6.45, 7) is 0. The summed E-state index contributed by atoms with van der Waals surface area (Å²) in [4.78, 5) is 14.4. The van der Waals surface area contributed by atoms with Crippen molar-refractivity contribution in [3.05, 3.63) is 30.1 Å². The first kappa shape index (κ1) is 12.5. The molecule has 1 aromatic heterocycles. The van der Waals surface area contributed by atoms with Crippen LogP contribution in [0.25, 0.3) is 0 Å². The van der Waals surface area contributed by atoms with Crippen LogP contribution in [0.3, 0.4) is 0 Å². The molecule has 5 nitrogen and oxygen atoms in total. The standard InChI is InChI=1S/C10H8F3N3O2/c11-10(12,13)8-5-9(18,16(6-17)15-8)7-1-3-14-4-2-7/h1-4,6,18H,5H2/t9-/m1/s1. The zero-order chi connectivity index (χ0) is 13.4. The summed E-state index contributed by atoms with van der Waals surface area (Å²) in [6, 6.07) is 2.65. The fourth-order valence-corrected chi connectivity index (χ4v) is 1.68. The van der Waals surface area contributed by atoms with E-state index in [9.17, 15) is 23.1 Å². The molecule has 0 spiro atoms. The second kappa shape index (κ2) is 4.05. The van der Waals surface area contributed by atoms with E-state index >= 15 is 0 Å². The molecule has 0 unspecified atom stereocenters. The summed E-state index contributed by atoms with van der Waals surface area (Å²) in [6.07, 6.45) is -2.82. The fraction of sp³-hybridized carbons (Fsp3) is 0.300. The van der Waals surface area contributed by atoms with Crippen LogP contribution < -0.4 is 0 Å². The minimum atomic E-state index is -4.68. The Morgan fingerprint density at radius 2 is 2.00 bits per heavy atom. The van der Waals surface area contributed by atoms with Crippen LogP contribution in [0, 0.1) is 0 Å². The van der Waals surface area contributed by atoms with E-state index in [0.29, 0.717) is 5.01 Å². The van der Waals surface area contributed by atoms with Gasteiger partial charge in [-0.25, -0.2) is 0 Å². The molecule has 1 amide bonds. The average molecular weight is 259 g/mol. The number of aromatic nitrogens is 1. The Hall–Kier alpha value is -1.96. The van der Waals surface area contributed by atoms with Crippen LogP contribution >= 0.6 is 0 Å². The monoisotopic (exact) mass is 259 g/mol. The maximum absolute atomic E-state index is 12.5. The molecule has 18 heavy (non-hydrogen) atoms. The predicted octanol–water partition coefficient (Wildman–Crippen LogP) is 1.01. The van der Waals surface area contributed by atoms with Crippen molar-refractivity contribution in [1.82, 2.24) is 9.99 Å². The van der Waals surface area contributed by atoms with Gasteiger partial charge in [0.25, 0.3) is 0 Å². The molecule has 1 aromatic rings. The van der Waals surface area contributed by atoms with E-state index in [1.54, 1.807) is 0 Å². The highest BCUT2D eigenvalue weighted by Gasteiger charge is 2.51. The van der Waals surface area contributed by atoms with Crippen LogP contribution in [0.15, 0.2) is 29.6 Å². The minimum absolute atomic E-state index is 0.0547. The topological polar surface area (TPSA) is 65.8 Å². The number of hydrazone groups is 1. The van der Waals surface area contributed by atoms with Gasteiger partial charge in [-0.2, -0.15) is 23.3 Å². The van der Waals surface area contributed by atoms with Gasteiger partial charge < -0.3 is 5.11 Å². The van der Waals surface area contributed by atoms with E-state index in [4.69, 9.17) is 0 Å². The third-order valence-corrected chi connectivity index (χ3v) is 2.59. The number of nitrogens with zero attached hydrogens (tertiary/aromatic N) is 3. The van der Waals surface area contributed by atoms with Crippen LogP contribution in [-0.2, 0) is 10.5 Å². The lowest BCUT2D eigenvalue weighted by molar-refractivity contribution is -0.144. The maximum atomic E-state index is 12.5. The normalized spacial score (nSPS) is 24.0. The second-order valence-electron chi connectivity index (χ2n) is 3.72. The highest BCUT2D eigenvalue weighted by molar-refractivity contribution is 5.92. The number of pyridine rings is 1. The van der Waals surface area contributed by atoms with Gasteiger partial charge in [0.2, 0.25) is 6.41 Å². The lowest BCUT2D eigenvalue weighted by atomic mass is 9.98. The van der Waals surface area contributed by atoms with Gasteiger partial charge in [-0.15, -0.1) is 0 Å². The summed E-state index contributed by atoms with van der Waals surface area (Å²) in [7, 11) is 0. The largest absolute Gasteiger partial charge is 0.431 e. The Morgan fingerprint density at radius 3 is 2.50 bits per heavy atom. The van der Waals surface area contributed by atoms with Crippen molar-refractivity contribution in [2.24, 2.45) is 5.10 Å². The molecule has 2 heterocycles. The predicted molar refractivity (Wildman–Crippen MR) is 54.1 cm³/mol. The van der Waals surface area contributed by atoms with Crippen molar-refractivity contribution in [1.29, 1.82) is 0 Å². The van der Waals surface area contributed by atoms with Crippen molar-refractivity contribution >= 4 is 12.1 Å². The molecule has 0 bridgehead atoms. The van der Waals surface area contributed by atoms with Crippen LogP contribution in [0.5, 0.6) is 0 Å². The Kier molecular flexibility index (Phi) is 2.81. The molecule has 0 fully saturated rings. The van der Waals surface area contributed by atoms with Gasteiger partial charge in [0.05, 0.1) is 6.42 Å². The Balaban J connectivity index is 2.40. The fourth-order valence-electron chi connectivity index (χ4n) is 1.68. The molecule has 0 saturated heterocycles. The second-order valence-corrected chi connectivity index (χ2v) is 3.72. The molecule has 0 radical (unpaired) electrons. The molecule has 2 rings (SSSR count). The first-order valence-electron chi connectivity index (χ1n) is 4.90. The van der Waals surface area contributed by atoms with E-state index in [0.717, 1.165) is 0 Å². The Bertz CT molecular complexity index is 489. The minimum Gasteiger partial charge on any atom is -0.365 e. The number of alkyl halides is 3. The SMILES string of the molecule is O=CN1N=C(C(F)(F)F)C[C@@]1(O)c1ccncc1. The molecule has 0 aliphatic carbocycles. The number of carbonyl (C=O) groups excluding carboxylic acids is 1. The summed E-state index contributed by atoms with van der Waals surface area (Å²) in [5.41, 5.74) is -3.20. The van der Waals surface area contributed by atoms with E-state index < -0.39 is 24.0 Å². The molecule has 0 saturated carbocycles. The van der Waals surface area contributed by atoms with Crippen molar-refractivity contribution in [2.45, 2.75) is 18.3 Å². The zero-order valence-electron chi connectivity index (χ0n) is 8.92. The molecule has 8 heteroatoms. The van der Waals surface area contributed by atoms with Gasteiger partial charge in [0, 0.05) is 18.0 Å². The van der Waals surface area contributed by atoms with Crippen molar-refractivity contribution in [2.75, 3.05) is 0 Å². The number of halogens is 3. The first-order chi connectivity index (χ1) is 8.38. The third kappa shape index (κ3) is 1.94. The van der Waals surface area contributed by atoms with E-state index in [2.05, 4.69) is 10.1 Å². The Morgan fingerprint density at radius 1 is 1.39 bits per heavy atom. The van der Waals surface area contributed by atoms with Gasteiger partial charge in [-0.1, -0.05) is 0 Å². The number of hydrogen-bond donors (Lipinski definition) is 1.